The highest BCUT2D eigenvalue weighted by Gasteiger charge is 2.30. The van der Waals surface area contributed by atoms with Crippen molar-refractivity contribution in [3.8, 4) is 0 Å². The summed E-state index contributed by atoms with van der Waals surface area (Å²) in [7, 11) is 1.25. The molecule has 0 aliphatic heterocycles. The van der Waals surface area contributed by atoms with Crippen molar-refractivity contribution in [2.24, 2.45) is 0 Å². The summed E-state index contributed by atoms with van der Waals surface area (Å²) in [4.78, 5) is 0. The van der Waals surface area contributed by atoms with Gasteiger partial charge in [-0.25, -0.2) is 0 Å². The summed E-state index contributed by atoms with van der Waals surface area (Å²) >= 11 is 0. The highest BCUT2D eigenvalue weighted by Crippen LogP contribution is 2.10. The van der Waals surface area contributed by atoms with Crippen molar-refractivity contribution in [2.45, 2.75) is 77.9 Å². The Labute approximate surface area is 105 Å². The van der Waals surface area contributed by atoms with E-state index in [2.05, 4.69) is 57.5 Å². The summed E-state index contributed by atoms with van der Waals surface area (Å²) in [6, 6.07) is 2.72. The maximum Gasteiger partial charge on any atom is 0.123 e. The molecule has 0 fully saturated rings. The molecular weight excluding hydrogens is 214 g/mol. The standard InChI is InChI=1S/C12H31N3Si/c1-9(2)13-12(7-8-16,14-10(3)4)15-11(5)6/h9-11,13-15H,7-8H2,1-6,16H3. The minimum Gasteiger partial charge on any atom is -0.285 e. The molecule has 0 amide bonds. The summed E-state index contributed by atoms with van der Waals surface area (Å²) in [5, 5.41) is 11.0. The predicted octanol–water partition coefficient (Wildman–Crippen LogP) is 0.808. The first-order valence-electron chi connectivity index (χ1n) is 6.64. The Morgan fingerprint density at radius 3 is 1.31 bits per heavy atom. The quantitative estimate of drug-likeness (QED) is 0.437. The summed E-state index contributed by atoms with van der Waals surface area (Å²) < 4.78 is 0. The van der Waals surface area contributed by atoms with Crippen LogP contribution in [-0.4, -0.2) is 34.2 Å². The van der Waals surface area contributed by atoms with Gasteiger partial charge in [0, 0.05) is 28.4 Å². The summed E-state index contributed by atoms with van der Waals surface area (Å²) in [6.45, 7) is 13.2. The van der Waals surface area contributed by atoms with E-state index in [-0.39, 0.29) is 5.79 Å². The van der Waals surface area contributed by atoms with Gasteiger partial charge in [0.15, 0.2) is 0 Å². The zero-order valence-electron chi connectivity index (χ0n) is 12.1. The molecule has 0 aliphatic carbocycles. The Hall–Kier alpha value is 0.0969. The lowest BCUT2D eigenvalue weighted by molar-refractivity contribution is 0.148. The van der Waals surface area contributed by atoms with Gasteiger partial charge in [0.1, 0.15) is 5.79 Å². The monoisotopic (exact) mass is 245 g/mol. The molecule has 0 unspecified atom stereocenters. The predicted molar refractivity (Wildman–Crippen MR) is 76.9 cm³/mol. The van der Waals surface area contributed by atoms with Gasteiger partial charge in [-0.05, 0) is 48.0 Å². The van der Waals surface area contributed by atoms with E-state index in [4.69, 9.17) is 0 Å². The topological polar surface area (TPSA) is 36.1 Å². The van der Waals surface area contributed by atoms with Gasteiger partial charge < -0.3 is 0 Å². The van der Waals surface area contributed by atoms with Crippen molar-refractivity contribution in [1.29, 1.82) is 0 Å². The third kappa shape index (κ3) is 6.63. The molecule has 0 atom stereocenters. The van der Waals surface area contributed by atoms with Crippen LogP contribution in [0.5, 0.6) is 0 Å². The van der Waals surface area contributed by atoms with E-state index in [9.17, 15) is 0 Å². The molecule has 3 nitrogen and oxygen atoms in total. The molecule has 0 aromatic heterocycles. The molecule has 4 heteroatoms. The van der Waals surface area contributed by atoms with Gasteiger partial charge in [-0.1, -0.05) is 6.04 Å². The molecule has 0 aromatic rings. The Morgan fingerprint density at radius 2 is 1.12 bits per heavy atom. The second kappa shape index (κ2) is 7.43. The van der Waals surface area contributed by atoms with E-state index >= 15 is 0 Å². The van der Waals surface area contributed by atoms with Gasteiger partial charge in [0.05, 0.1) is 0 Å². The molecule has 0 aliphatic rings. The lowest BCUT2D eigenvalue weighted by Gasteiger charge is -2.41. The maximum absolute atomic E-state index is 3.66. The fourth-order valence-corrected chi connectivity index (χ4v) is 2.94. The molecule has 0 saturated heterocycles. The van der Waals surface area contributed by atoms with Crippen LogP contribution in [0.15, 0.2) is 0 Å². The van der Waals surface area contributed by atoms with Crippen LogP contribution >= 0.6 is 0 Å². The van der Waals surface area contributed by atoms with E-state index in [0.29, 0.717) is 18.1 Å². The second-order valence-corrected chi connectivity index (χ2v) is 6.55. The first-order valence-corrected chi connectivity index (χ1v) is 8.06. The Morgan fingerprint density at radius 1 is 0.812 bits per heavy atom. The van der Waals surface area contributed by atoms with Crippen molar-refractivity contribution < 1.29 is 0 Å². The fourth-order valence-electron chi connectivity index (χ4n) is 2.19. The van der Waals surface area contributed by atoms with Crippen LogP contribution in [0.2, 0.25) is 6.04 Å². The van der Waals surface area contributed by atoms with E-state index in [1.807, 2.05) is 0 Å². The SMILES string of the molecule is CC(C)NC(CC[SiH3])(NC(C)C)NC(C)C. The van der Waals surface area contributed by atoms with Gasteiger partial charge in [-0.3, -0.25) is 16.0 Å². The number of rotatable bonds is 8. The molecule has 0 aromatic carbocycles. The van der Waals surface area contributed by atoms with Crippen molar-refractivity contribution in [3.05, 3.63) is 0 Å². The molecule has 16 heavy (non-hydrogen) atoms. The van der Waals surface area contributed by atoms with Gasteiger partial charge in [0.25, 0.3) is 0 Å². The number of hydrogen-bond donors (Lipinski definition) is 3. The van der Waals surface area contributed by atoms with Gasteiger partial charge in [-0.2, -0.15) is 0 Å². The van der Waals surface area contributed by atoms with Crippen LogP contribution in [0.25, 0.3) is 0 Å². The fraction of sp³-hybridized carbons (Fsp3) is 1.00. The van der Waals surface area contributed by atoms with Crippen molar-refractivity contribution in [1.82, 2.24) is 16.0 Å². The average Bonchev–Trinajstić information content (AvgIpc) is 1.98. The van der Waals surface area contributed by atoms with E-state index < -0.39 is 0 Å². The number of nitrogens with one attached hydrogen (secondary N) is 3. The van der Waals surface area contributed by atoms with Crippen LogP contribution in [0, 0.1) is 0 Å². The van der Waals surface area contributed by atoms with Crippen LogP contribution < -0.4 is 16.0 Å². The van der Waals surface area contributed by atoms with E-state index in [1.165, 1.54) is 16.3 Å². The third-order valence-electron chi connectivity index (χ3n) is 2.23. The Bertz CT molecular complexity index is 155. The zero-order chi connectivity index (χ0) is 12.8. The highest BCUT2D eigenvalue weighted by molar-refractivity contribution is 6.08. The first kappa shape index (κ1) is 16.1. The minimum atomic E-state index is -0.0990. The average molecular weight is 245 g/mol. The summed E-state index contributed by atoms with van der Waals surface area (Å²) in [6.07, 6.45) is 1.15. The highest BCUT2D eigenvalue weighted by atomic mass is 28.1. The van der Waals surface area contributed by atoms with Crippen LogP contribution in [0.4, 0.5) is 0 Å². The summed E-state index contributed by atoms with van der Waals surface area (Å²) in [5.74, 6) is -0.0990. The normalized spacial score (nSPS) is 13.3. The molecule has 98 valence electrons. The molecule has 0 spiro atoms. The molecule has 0 rings (SSSR count). The molecule has 3 N–H and O–H groups in total. The Balaban J connectivity index is 4.72. The van der Waals surface area contributed by atoms with Crippen molar-refractivity contribution >= 4 is 10.2 Å². The van der Waals surface area contributed by atoms with Crippen LogP contribution in [0.3, 0.4) is 0 Å². The van der Waals surface area contributed by atoms with Crippen LogP contribution in [0.1, 0.15) is 48.0 Å². The lowest BCUT2D eigenvalue weighted by atomic mass is 10.1. The molecule has 0 radical (unpaired) electrons. The van der Waals surface area contributed by atoms with E-state index in [1.54, 1.807) is 0 Å². The number of hydrogen-bond acceptors (Lipinski definition) is 3. The van der Waals surface area contributed by atoms with Gasteiger partial charge in [-0.15, -0.1) is 0 Å². The summed E-state index contributed by atoms with van der Waals surface area (Å²) in [5.41, 5.74) is 0. The molecule has 0 heterocycles. The minimum absolute atomic E-state index is 0.0990. The largest absolute Gasteiger partial charge is 0.285 e. The first-order chi connectivity index (χ1) is 7.31. The van der Waals surface area contributed by atoms with Gasteiger partial charge in [0.2, 0.25) is 0 Å². The molecule has 0 bridgehead atoms. The molecular formula is C12H31N3Si. The van der Waals surface area contributed by atoms with Gasteiger partial charge >= 0.3 is 0 Å². The second-order valence-electron chi connectivity index (χ2n) is 5.55. The van der Waals surface area contributed by atoms with E-state index in [0.717, 1.165) is 6.42 Å². The maximum atomic E-state index is 3.66. The molecule has 0 saturated carbocycles. The Kier molecular flexibility index (Phi) is 7.47. The van der Waals surface area contributed by atoms with Crippen LogP contribution in [-0.2, 0) is 0 Å². The smallest absolute Gasteiger partial charge is 0.123 e. The van der Waals surface area contributed by atoms with Crippen molar-refractivity contribution in [2.75, 3.05) is 0 Å². The van der Waals surface area contributed by atoms with Crippen molar-refractivity contribution in [3.63, 3.8) is 0 Å². The third-order valence-corrected chi connectivity index (χ3v) is 2.73. The zero-order valence-corrected chi connectivity index (χ0v) is 14.1. The lowest BCUT2D eigenvalue weighted by Crippen LogP contribution is -2.70.